The lowest BCUT2D eigenvalue weighted by atomic mass is 10.1. The molecule has 2 N–H and O–H groups in total. The molecule has 1 unspecified atom stereocenters. The summed E-state index contributed by atoms with van der Waals surface area (Å²) < 4.78 is 0. The summed E-state index contributed by atoms with van der Waals surface area (Å²) in [4.78, 5) is 21.6. The molecule has 0 aromatic heterocycles. The van der Waals surface area contributed by atoms with Gasteiger partial charge in [0.2, 0.25) is 0 Å². The lowest BCUT2D eigenvalue weighted by Crippen LogP contribution is -2.03. The number of hydrogen-bond acceptors (Lipinski definition) is 3. The van der Waals surface area contributed by atoms with E-state index in [-0.39, 0.29) is 18.3 Å². The summed E-state index contributed by atoms with van der Waals surface area (Å²) in [6, 6.07) is 0. The van der Waals surface area contributed by atoms with Gasteiger partial charge in [-0.25, -0.2) is 0 Å². The monoisotopic (exact) mass is 334 g/mol. The van der Waals surface area contributed by atoms with Crippen LogP contribution in [0.4, 0.5) is 0 Å². The topological polar surface area (TPSA) is 74.6 Å². The number of allylic oxidation sites excluding steroid dienone is 7. The summed E-state index contributed by atoms with van der Waals surface area (Å²) in [6.07, 6.45) is 20.4. The average molecular weight is 334 g/mol. The second kappa shape index (κ2) is 15.9. The summed E-state index contributed by atoms with van der Waals surface area (Å²) in [5.74, 6) is -1.18. The van der Waals surface area contributed by atoms with Crippen molar-refractivity contribution in [2.45, 2.75) is 64.4 Å². The van der Waals surface area contributed by atoms with Gasteiger partial charge in [-0.1, -0.05) is 62.6 Å². The molecule has 0 radical (unpaired) electrons. The Bertz CT molecular complexity index is 458. The van der Waals surface area contributed by atoms with Crippen molar-refractivity contribution in [3.05, 3.63) is 48.6 Å². The Morgan fingerprint density at radius 3 is 2.33 bits per heavy atom. The van der Waals surface area contributed by atoms with Crippen LogP contribution in [0.3, 0.4) is 0 Å². The first-order chi connectivity index (χ1) is 11.6. The van der Waals surface area contributed by atoms with Crippen molar-refractivity contribution in [1.29, 1.82) is 0 Å². The van der Waals surface area contributed by atoms with Gasteiger partial charge in [-0.2, -0.15) is 0 Å². The molecule has 0 aromatic carbocycles. The molecule has 24 heavy (non-hydrogen) atoms. The Morgan fingerprint density at radius 1 is 0.917 bits per heavy atom. The lowest BCUT2D eigenvalue weighted by molar-refractivity contribution is -0.136. The molecule has 134 valence electrons. The maximum atomic E-state index is 11.3. The van der Waals surface area contributed by atoms with Crippen molar-refractivity contribution in [3.63, 3.8) is 0 Å². The van der Waals surface area contributed by atoms with Crippen LogP contribution < -0.4 is 0 Å². The zero-order valence-electron chi connectivity index (χ0n) is 14.6. The molecule has 0 aliphatic rings. The number of aliphatic carboxylic acids is 1. The summed E-state index contributed by atoms with van der Waals surface area (Å²) in [7, 11) is 0. The number of aliphatic hydroxyl groups excluding tert-OH is 1. The summed E-state index contributed by atoms with van der Waals surface area (Å²) >= 11 is 0. The Kier molecular flexibility index (Phi) is 14.6. The fraction of sp³-hybridized carbons (Fsp3) is 0.500. The largest absolute Gasteiger partial charge is 0.481 e. The predicted molar refractivity (Wildman–Crippen MR) is 97.8 cm³/mol. The van der Waals surface area contributed by atoms with Crippen LogP contribution >= 0.6 is 0 Å². The van der Waals surface area contributed by atoms with Gasteiger partial charge in [0.05, 0.1) is 12.5 Å². The van der Waals surface area contributed by atoms with E-state index in [4.69, 9.17) is 5.11 Å². The molecular formula is C20H30O4. The van der Waals surface area contributed by atoms with Crippen LogP contribution in [-0.4, -0.2) is 28.1 Å². The second-order valence-corrected chi connectivity index (χ2v) is 5.63. The molecule has 0 amide bonds. The SMILES string of the molecule is CCC(O)CCCCCCC=CC=CC=CC(=O)C=CCC(=O)O. The highest BCUT2D eigenvalue weighted by molar-refractivity contribution is 5.99. The van der Waals surface area contributed by atoms with E-state index in [0.717, 1.165) is 32.1 Å². The number of carboxylic acid groups (broad SMARTS) is 1. The van der Waals surface area contributed by atoms with Gasteiger partial charge in [-0.05, 0) is 37.8 Å². The zero-order chi connectivity index (χ0) is 18.0. The standard InChI is InChI=1S/C20H30O4/c1-2-18(21)14-11-9-7-5-3-4-6-8-10-12-15-19(22)16-13-17-20(23)24/h4,6,8,10,12-13,15-16,18,21H,2-3,5,7,9,11,14,17H2,1H3,(H,23,24). The maximum absolute atomic E-state index is 11.3. The Labute approximate surface area is 145 Å². The third kappa shape index (κ3) is 16.4. The number of rotatable bonds is 14. The summed E-state index contributed by atoms with van der Waals surface area (Å²) in [5.41, 5.74) is 0. The van der Waals surface area contributed by atoms with E-state index in [1.165, 1.54) is 31.1 Å². The molecule has 0 bridgehead atoms. The van der Waals surface area contributed by atoms with Crippen molar-refractivity contribution in [1.82, 2.24) is 0 Å². The van der Waals surface area contributed by atoms with E-state index < -0.39 is 5.97 Å². The third-order valence-electron chi connectivity index (χ3n) is 3.43. The van der Waals surface area contributed by atoms with Crippen LogP contribution in [0.25, 0.3) is 0 Å². The maximum Gasteiger partial charge on any atom is 0.307 e. The third-order valence-corrected chi connectivity index (χ3v) is 3.43. The molecule has 4 heteroatoms. The lowest BCUT2D eigenvalue weighted by Gasteiger charge is -2.06. The van der Waals surface area contributed by atoms with Gasteiger partial charge in [0.15, 0.2) is 5.78 Å². The van der Waals surface area contributed by atoms with Crippen molar-refractivity contribution >= 4 is 11.8 Å². The number of ketones is 1. The second-order valence-electron chi connectivity index (χ2n) is 5.63. The smallest absolute Gasteiger partial charge is 0.307 e. The normalized spacial score (nSPS) is 13.6. The molecule has 0 saturated heterocycles. The fourth-order valence-electron chi connectivity index (χ4n) is 1.98. The van der Waals surface area contributed by atoms with Gasteiger partial charge in [-0.3, -0.25) is 9.59 Å². The number of carbonyl (C=O) groups is 2. The minimum atomic E-state index is -0.952. The van der Waals surface area contributed by atoms with Crippen molar-refractivity contribution in [3.8, 4) is 0 Å². The molecule has 0 fully saturated rings. The van der Waals surface area contributed by atoms with Crippen LogP contribution in [-0.2, 0) is 9.59 Å². The molecule has 0 aliphatic carbocycles. The van der Waals surface area contributed by atoms with Crippen LogP contribution in [0.5, 0.6) is 0 Å². The van der Waals surface area contributed by atoms with E-state index >= 15 is 0 Å². The first kappa shape index (κ1) is 22.1. The minimum Gasteiger partial charge on any atom is -0.481 e. The van der Waals surface area contributed by atoms with Gasteiger partial charge in [0.25, 0.3) is 0 Å². The zero-order valence-corrected chi connectivity index (χ0v) is 14.6. The molecule has 0 saturated carbocycles. The number of carboxylic acids is 1. The highest BCUT2D eigenvalue weighted by atomic mass is 16.4. The van der Waals surface area contributed by atoms with Gasteiger partial charge in [-0.15, -0.1) is 0 Å². The fourth-order valence-corrected chi connectivity index (χ4v) is 1.98. The van der Waals surface area contributed by atoms with Crippen molar-refractivity contribution in [2.75, 3.05) is 0 Å². The Morgan fingerprint density at radius 2 is 1.62 bits per heavy atom. The van der Waals surface area contributed by atoms with E-state index in [9.17, 15) is 14.7 Å². The first-order valence-electron chi connectivity index (χ1n) is 8.66. The Balaban J connectivity index is 3.64. The highest BCUT2D eigenvalue weighted by Crippen LogP contribution is 2.09. The summed E-state index contributed by atoms with van der Waals surface area (Å²) in [6.45, 7) is 2.00. The van der Waals surface area contributed by atoms with Crippen LogP contribution in [0.15, 0.2) is 48.6 Å². The van der Waals surface area contributed by atoms with Crippen LogP contribution in [0.1, 0.15) is 58.3 Å². The molecule has 0 rings (SSSR count). The summed E-state index contributed by atoms with van der Waals surface area (Å²) in [5, 5.41) is 17.9. The molecule has 4 nitrogen and oxygen atoms in total. The minimum absolute atomic E-state index is 0.136. The highest BCUT2D eigenvalue weighted by Gasteiger charge is 1.98. The number of unbranched alkanes of at least 4 members (excludes halogenated alkanes) is 4. The predicted octanol–water partition coefficient (Wildman–Crippen LogP) is 4.37. The number of carbonyl (C=O) groups excluding carboxylic acids is 1. The van der Waals surface area contributed by atoms with Crippen molar-refractivity contribution in [2.24, 2.45) is 0 Å². The van der Waals surface area contributed by atoms with Gasteiger partial charge < -0.3 is 10.2 Å². The first-order valence-corrected chi connectivity index (χ1v) is 8.66. The molecule has 0 aromatic rings. The molecule has 0 aliphatic heterocycles. The number of hydrogen-bond donors (Lipinski definition) is 2. The average Bonchev–Trinajstić information content (AvgIpc) is 2.55. The molecule has 0 heterocycles. The van der Waals surface area contributed by atoms with E-state index in [2.05, 4.69) is 6.08 Å². The number of aliphatic hydroxyl groups is 1. The van der Waals surface area contributed by atoms with Gasteiger partial charge in [0, 0.05) is 0 Å². The van der Waals surface area contributed by atoms with Crippen LogP contribution in [0, 0.1) is 0 Å². The van der Waals surface area contributed by atoms with Crippen LogP contribution in [0.2, 0.25) is 0 Å². The molecule has 1 atom stereocenters. The van der Waals surface area contributed by atoms with Gasteiger partial charge in [0.1, 0.15) is 0 Å². The quantitative estimate of drug-likeness (QED) is 0.281. The van der Waals surface area contributed by atoms with Crippen molar-refractivity contribution < 1.29 is 19.8 Å². The molecule has 0 spiro atoms. The molecular weight excluding hydrogens is 304 g/mol. The van der Waals surface area contributed by atoms with Gasteiger partial charge >= 0.3 is 5.97 Å². The van der Waals surface area contributed by atoms with E-state index in [0.29, 0.717) is 0 Å². The van der Waals surface area contributed by atoms with E-state index in [1.54, 1.807) is 12.2 Å². The van der Waals surface area contributed by atoms with E-state index in [1.807, 2.05) is 19.1 Å². The Hall–Kier alpha value is -1.94.